The third-order valence-corrected chi connectivity index (χ3v) is 7.78. The number of nitrogens with one attached hydrogen (secondary N) is 2. The first-order chi connectivity index (χ1) is 20.2. The number of carbonyl (C=O) groups excluding carboxylic acids is 3. The van der Waals surface area contributed by atoms with E-state index in [0.717, 1.165) is 65.6 Å². The van der Waals surface area contributed by atoms with E-state index in [1.165, 1.54) is 6.42 Å². The van der Waals surface area contributed by atoms with Crippen LogP contribution in [0.25, 0.3) is 0 Å². The van der Waals surface area contributed by atoms with Gasteiger partial charge >= 0.3 is 6.09 Å². The number of unbranched alkanes of at least 4 members (excludes halogenated alkanes) is 5. The van der Waals surface area contributed by atoms with Crippen LogP contribution in [-0.2, 0) is 14.3 Å². The van der Waals surface area contributed by atoms with E-state index < -0.39 is 23.8 Å². The number of amides is 3. The van der Waals surface area contributed by atoms with Gasteiger partial charge in [0, 0.05) is 12.2 Å². The Morgan fingerprint density at radius 2 is 1.44 bits per heavy atom. The molecule has 7 heteroatoms. The van der Waals surface area contributed by atoms with Gasteiger partial charge in [-0.2, -0.15) is 0 Å². The molecule has 2 aromatic carbocycles. The van der Waals surface area contributed by atoms with Gasteiger partial charge in [-0.3, -0.25) is 9.59 Å². The number of hydrogen-bond donors (Lipinski definition) is 2. The van der Waals surface area contributed by atoms with Crippen LogP contribution >= 0.6 is 0 Å². The van der Waals surface area contributed by atoms with E-state index in [-0.39, 0.29) is 17.7 Å². The van der Waals surface area contributed by atoms with E-state index in [2.05, 4.69) is 17.6 Å². The maximum atomic E-state index is 14.5. The molecular formula is C36H55N3O4. The molecule has 0 saturated heterocycles. The molecule has 0 aliphatic carbocycles. The first-order valence-electron chi connectivity index (χ1n) is 15.9. The standard InChI is InChI=1S/C36H55N3O4/c1-11-12-13-14-15-16-22-39(34(41)30(24(2)3)38-35(42)43-36(8,9)10)32(29-21-20-25(4)28(7)23-29)33(40)37-31-26(5)18-17-19-27(31)6/h17-21,23-24,30,32H,11-16,22H2,1-10H3,(H,37,40)(H,38,42). The summed E-state index contributed by atoms with van der Waals surface area (Å²) >= 11 is 0. The number of nitrogens with zero attached hydrogens (tertiary/aromatic N) is 1. The Labute approximate surface area is 260 Å². The summed E-state index contributed by atoms with van der Waals surface area (Å²) < 4.78 is 5.51. The lowest BCUT2D eigenvalue weighted by Crippen LogP contribution is -2.54. The van der Waals surface area contributed by atoms with Crippen molar-refractivity contribution < 1.29 is 19.1 Å². The van der Waals surface area contributed by atoms with E-state index in [4.69, 9.17) is 4.74 Å². The fourth-order valence-corrected chi connectivity index (χ4v) is 5.17. The number of benzene rings is 2. The number of rotatable bonds is 14. The fourth-order valence-electron chi connectivity index (χ4n) is 5.17. The maximum absolute atomic E-state index is 14.5. The molecule has 0 bridgehead atoms. The second-order valence-electron chi connectivity index (χ2n) is 13.2. The topological polar surface area (TPSA) is 87.7 Å². The van der Waals surface area contributed by atoms with Crippen LogP contribution in [0.5, 0.6) is 0 Å². The zero-order valence-corrected chi connectivity index (χ0v) is 28.2. The molecule has 2 N–H and O–H groups in total. The molecule has 0 saturated carbocycles. The van der Waals surface area contributed by atoms with Crippen LogP contribution < -0.4 is 10.6 Å². The largest absolute Gasteiger partial charge is 0.444 e. The summed E-state index contributed by atoms with van der Waals surface area (Å²) in [7, 11) is 0. The van der Waals surface area contributed by atoms with Crippen molar-refractivity contribution in [1.82, 2.24) is 10.2 Å². The Hall–Kier alpha value is -3.35. The molecule has 238 valence electrons. The van der Waals surface area contributed by atoms with Crippen molar-refractivity contribution >= 4 is 23.6 Å². The van der Waals surface area contributed by atoms with Crippen LogP contribution in [0, 0.1) is 33.6 Å². The Morgan fingerprint density at radius 1 is 0.837 bits per heavy atom. The molecule has 0 spiro atoms. The molecule has 3 amide bonds. The van der Waals surface area contributed by atoms with E-state index in [0.29, 0.717) is 6.54 Å². The highest BCUT2D eigenvalue weighted by Gasteiger charge is 2.37. The fraction of sp³-hybridized carbons (Fsp3) is 0.583. The average molecular weight is 594 g/mol. The predicted octanol–water partition coefficient (Wildman–Crippen LogP) is 8.34. The van der Waals surface area contributed by atoms with E-state index in [1.54, 1.807) is 25.7 Å². The smallest absolute Gasteiger partial charge is 0.408 e. The second kappa shape index (κ2) is 16.5. The molecule has 0 heterocycles. The van der Waals surface area contributed by atoms with E-state index in [1.807, 2.05) is 77.9 Å². The van der Waals surface area contributed by atoms with Crippen LogP contribution in [0.15, 0.2) is 36.4 Å². The number of para-hydroxylation sites is 1. The Bertz CT molecular complexity index is 1210. The van der Waals surface area contributed by atoms with Gasteiger partial charge in [0.1, 0.15) is 17.7 Å². The van der Waals surface area contributed by atoms with E-state index in [9.17, 15) is 14.4 Å². The van der Waals surface area contributed by atoms with Gasteiger partial charge in [-0.15, -0.1) is 0 Å². The predicted molar refractivity (Wildman–Crippen MR) is 176 cm³/mol. The van der Waals surface area contributed by atoms with Crippen molar-refractivity contribution in [2.75, 3.05) is 11.9 Å². The Balaban J connectivity index is 2.58. The molecule has 7 nitrogen and oxygen atoms in total. The van der Waals surface area contributed by atoms with Crippen molar-refractivity contribution in [3.8, 4) is 0 Å². The third kappa shape index (κ3) is 11.0. The molecule has 2 aromatic rings. The van der Waals surface area contributed by atoms with Crippen LogP contribution in [-0.4, -0.2) is 41.0 Å². The number of anilines is 1. The summed E-state index contributed by atoms with van der Waals surface area (Å²) in [5.41, 5.74) is 4.84. The number of hydrogen-bond acceptors (Lipinski definition) is 4. The number of alkyl carbamates (subject to hydrolysis) is 1. The number of aryl methyl sites for hydroxylation is 4. The van der Waals surface area contributed by atoms with Crippen LogP contribution in [0.4, 0.5) is 10.5 Å². The first-order valence-corrected chi connectivity index (χ1v) is 15.9. The zero-order valence-electron chi connectivity index (χ0n) is 28.2. The minimum atomic E-state index is -0.886. The third-order valence-electron chi connectivity index (χ3n) is 7.78. The Morgan fingerprint density at radius 3 is 2.00 bits per heavy atom. The number of ether oxygens (including phenoxy) is 1. The quantitative estimate of drug-likeness (QED) is 0.216. The molecule has 0 aliphatic heterocycles. The van der Waals surface area contributed by atoms with Crippen LogP contribution in [0.3, 0.4) is 0 Å². The highest BCUT2D eigenvalue weighted by Crippen LogP contribution is 2.29. The van der Waals surface area contributed by atoms with Gasteiger partial charge in [-0.25, -0.2) is 4.79 Å². The second-order valence-corrected chi connectivity index (χ2v) is 13.2. The first kappa shape index (κ1) is 35.8. The minimum Gasteiger partial charge on any atom is -0.444 e. The average Bonchev–Trinajstić information content (AvgIpc) is 2.91. The lowest BCUT2D eigenvalue weighted by Gasteiger charge is -2.36. The van der Waals surface area contributed by atoms with Crippen molar-refractivity contribution in [2.45, 2.75) is 125 Å². The van der Waals surface area contributed by atoms with Gasteiger partial charge in [0.15, 0.2) is 0 Å². The monoisotopic (exact) mass is 593 g/mol. The lowest BCUT2D eigenvalue weighted by atomic mass is 9.96. The highest BCUT2D eigenvalue weighted by atomic mass is 16.6. The highest BCUT2D eigenvalue weighted by molar-refractivity contribution is 6.00. The van der Waals surface area contributed by atoms with Crippen LogP contribution in [0.2, 0.25) is 0 Å². The van der Waals surface area contributed by atoms with Gasteiger partial charge in [0.2, 0.25) is 5.91 Å². The molecule has 0 aliphatic rings. The van der Waals surface area contributed by atoms with Gasteiger partial charge in [-0.05, 0) is 88.6 Å². The molecule has 0 aromatic heterocycles. The van der Waals surface area contributed by atoms with Crippen molar-refractivity contribution in [2.24, 2.45) is 5.92 Å². The molecular weight excluding hydrogens is 538 g/mol. The maximum Gasteiger partial charge on any atom is 0.408 e. The van der Waals surface area contributed by atoms with Crippen molar-refractivity contribution in [1.29, 1.82) is 0 Å². The molecule has 2 unspecified atom stereocenters. The molecule has 43 heavy (non-hydrogen) atoms. The molecule has 0 fully saturated rings. The number of carbonyl (C=O) groups is 3. The summed E-state index contributed by atoms with van der Waals surface area (Å²) in [5.74, 6) is -0.803. The summed E-state index contributed by atoms with van der Waals surface area (Å²) in [5, 5.41) is 5.98. The summed E-state index contributed by atoms with van der Waals surface area (Å²) in [6.07, 6.45) is 5.61. The SMILES string of the molecule is CCCCCCCCN(C(=O)C(NC(=O)OC(C)(C)C)C(C)C)C(C(=O)Nc1c(C)cccc1C)c1ccc(C)c(C)c1. The van der Waals surface area contributed by atoms with Gasteiger partial charge < -0.3 is 20.3 Å². The molecule has 2 rings (SSSR count). The van der Waals surface area contributed by atoms with Gasteiger partial charge in [0.05, 0.1) is 0 Å². The Kier molecular flexibility index (Phi) is 13.7. The van der Waals surface area contributed by atoms with Crippen molar-refractivity contribution in [3.63, 3.8) is 0 Å². The van der Waals surface area contributed by atoms with Crippen molar-refractivity contribution in [3.05, 3.63) is 64.2 Å². The summed E-state index contributed by atoms with van der Waals surface area (Å²) in [4.78, 5) is 43.3. The summed E-state index contributed by atoms with van der Waals surface area (Å²) in [6, 6.07) is 10.1. The normalized spacial score (nSPS) is 12.9. The van der Waals surface area contributed by atoms with Gasteiger partial charge in [-0.1, -0.05) is 89.3 Å². The lowest BCUT2D eigenvalue weighted by molar-refractivity contribution is -0.141. The van der Waals surface area contributed by atoms with Gasteiger partial charge in [0.25, 0.3) is 5.91 Å². The minimum absolute atomic E-state index is 0.228. The molecule has 2 atom stereocenters. The summed E-state index contributed by atoms with van der Waals surface area (Å²) in [6.45, 7) is 19.7. The molecule has 0 radical (unpaired) electrons. The van der Waals surface area contributed by atoms with E-state index >= 15 is 0 Å². The van der Waals surface area contributed by atoms with Crippen LogP contribution in [0.1, 0.15) is 114 Å². The zero-order chi connectivity index (χ0) is 32.3.